The number of hydrogen-bond acceptors (Lipinski definition) is 2. The molecular formula is C14H13NO3. The lowest BCUT2D eigenvalue weighted by Gasteiger charge is -2.10. The Morgan fingerprint density at radius 1 is 1.17 bits per heavy atom. The second-order valence-corrected chi connectivity index (χ2v) is 3.83. The van der Waals surface area contributed by atoms with Crippen molar-refractivity contribution < 1.29 is 14.6 Å². The number of nitrogens with one attached hydrogen (secondary N) is 1. The predicted molar refractivity (Wildman–Crippen MR) is 69.3 cm³/mol. The molecule has 0 aliphatic heterocycles. The monoisotopic (exact) mass is 243 g/mol. The van der Waals surface area contributed by atoms with Crippen LogP contribution in [-0.2, 0) is 0 Å². The quantitative estimate of drug-likeness (QED) is 0.860. The van der Waals surface area contributed by atoms with Crippen molar-refractivity contribution in [1.82, 2.24) is 0 Å². The summed E-state index contributed by atoms with van der Waals surface area (Å²) in [5.41, 5.74) is 1.39. The van der Waals surface area contributed by atoms with Gasteiger partial charge in [0, 0.05) is 5.69 Å². The number of ether oxygens (including phenoxy) is 1. The maximum Gasteiger partial charge on any atom is 0.409 e. The summed E-state index contributed by atoms with van der Waals surface area (Å²) in [5.74, 6) is 1.46. The van der Waals surface area contributed by atoms with Gasteiger partial charge < -0.3 is 9.84 Å². The number of amides is 1. The standard InChI is InChI=1S/C14H13NO3/c1-10-9-11(15-14(16)17)7-8-13(10)18-12-5-3-2-4-6-12/h2-9,15H,1H3,(H,16,17). The summed E-state index contributed by atoms with van der Waals surface area (Å²) < 4.78 is 5.69. The molecule has 2 aromatic carbocycles. The molecule has 92 valence electrons. The van der Waals surface area contributed by atoms with Crippen molar-refractivity contribution in [2.75, 3.05) is 5.32 Å². The van der Waals surface area contributed by atoms with E-state index < -0.39 is 6.09 Å². The summed E-state index contributed by atoms with van der Waals surface area (Å²) in [7, 11) is 0. The van der Waals surface area contributed by atoms with Crippen molar-refractivity contribution in [2.24, 2.45) is 0 Å². The molecule has 0 aliphatic rings. The van der Waals surface area contributed by atoms with Crippen LogP contribution in [0.5, 0.6) is 11.5 Å². The number of carbonyl (C=O) groups is 1. The first-order valence-corrected chi connectivity index (χ1v) is 5.48. The van der Waals surface area contributed by atoms with E-state index in [1.54, 1.807) is 18.2 Å². The Kier molecular flexibility index (Phi) is 3.48. The van der Waals surface area contributed by atoms with E-state index in [1.165, 1.54) is 0 Å². The summed E-state index contributed by atoms with van der Waals surface area (Å²) in [4.78, 5) is 10.5. The molecule has 0 aromatic heterocycles. The van der Waals surface area contributed by atoms with Crippen LogP contribution in [0, 0.1) is 6.92 Å². The minimum absolute atomic E-state index is 0.528. The van der Waals surface area contributed by atoms with Gasteiger partial charge in [-0.25, -0.2) is 4.79 Å². The lowest BCUT2D eigenvalue weighted by atomic mass is 10.2. The van der Waals surface area contributed by atoms with Crippen LogP contribution < -0.4 is 10.1 Å². The van der Waals surface area contributed by atoms with Crippen LogP contribution in [-0.4, -0.2) is 11.2 Å². The number of anilines is 1. The van der Waals surface area contributed by atoms with Crippen LogP contribution in [0.3, 0.4) is 0 Å². The maximum atomic E-state index is 10.5. The Hall–Kier alpha value is -2.49. The average Bonchev–Trinajstić information content (AvgIpc) is 2.33. The highest BCUT2D eigenvalue weighted by Crippen LogP contribution is 2.26. The van der Waals surface area contributed by atoms with Gasteiger partial charge in [0.05, 0.1) is 0 Å². The third kappa shape index (κ3) is 3.01. The molecule has 0 radical (unpaired) electrons. The van der Waals surface area contributed by atoms with E-state index in [-0.39, 0.29) is 0 Å². The van der Waals surface area contributed by atoms with Gasteiger partial charge in [-0.1, -0.05) is 18.2 Å². The highest BCUT2D eigenvalue weighted by molar-refractivity contribution is 5.83. The van der Waals surface area contributed by atoms with E-state index in [2.05, 4.69) is 5.32 Å². The third-order valence-electron chi connectivity index (χ3n) is 2.40. The maximum absolute atomic E-state index is 10.5. The second-order valence-electron chi connectivity index (χ2n) is 3.83. The summed E-state index contributed by atoms with van der Waals surface area (Å²) >= 11 is 0. The second kappa shape index (κ2) is 5.23. The Labute approximate surface area is 105 Å². The number of aryl methyl sites for hydroxylation is 1. The van der Waals surface area contributed by atoms with Crippen molar-refractivity contribution in [3.8, 4) is 11.5 Å². The largest absolute Gasteiger partial charge is 0.465 e. The fourth-order valence-electron chi connectivity index (χ4n) is 1.58. The van der Waals surface area contributed by atoms with Gasteiger partial charge in [0.15, 0.2) is 0 Å². The van der Waals surface area contributed by atoms with Crippen molar-refractivity contribution in [1.29, 1.82) is 0 Å². The van der Waals surface area contributed by atoms with E-state index in [9.17, 15) is 4.79 Å². The molecule has 4 heteroatoms. The molecule has 2 rings (SSSR count). The molecule has 2 aromatic rings. The summed E-state index contributed by atoms with van der Waals surface area (Å²) in [5, 5.41) is 10.9. The molecular weight excluding hydrogens is 230 g/mol. The zero-order chi connectivity index (χ0) is 13.0. The first kappa shape index (κ1) is 12.0. The fourth-order valence-corrected chi connectivity index (χ4v) is 1.58. The molecule has 0 saturated heterocycles. The molecule has 0 aliphatic carbocycles. The molecule has 0 bridgehead atoms. The van der Waals surface area contributed by atoms with E-state index in [1.807, 2.05) is 37.3 Å². The molecule has 4 nitrogen and oxygen atoms in total. The highest BCUT2D eigenvalue weighted by Gasteiger charge is 2.04. The SMILES string of the molecule is Cc1cc(NC(=O)O)ccc1Oc1ccccc1. The zero-order valence-electron chi connectivity index (χ0n) is 9.88. The lowest BCUT2D eigenvalue weighted by Crippen LogP contribution is -2.07. The molecule has 18 heavy (non-hydrogen) atoms. The first-order chi connectivity index (χ1) is 8.65. The lowest BCUT2D eigenvalue weighted by molar-refractivity contribution is 0.209. The summed E-state index contributed by atoms with van der Waals surface area (Å²) in [6.07, 6.45) is -1.08. The van der Waals surface area contributed by atoms with Gasteiger partial charge in [0.2, 0.25) is 0 Å². The molecule has 0 atom stereocenters. The molecule has 0 spiro atoms. The van der Waals surface area contributed by atoms with E-state index in [4.69, 9.17) is 9.84 Å². The predicted octanol–water partition coefficient (Wildman–Crippen LogP) is 3.88. The Morgan fingerprint density at radius 2 is 1.89 bits per heavy atom. The third-order valence-corrected chi connectivity index (χ3v) is 2.40. The number of rotatable bonds is 3. The molecule has 0 heterocycles. The highest BCUT2D eigenvalue weighted by atomic mass is 16.5. The molecule has 2 N–H and O–H groups in total. The number of carboxylic acid groups (broad SMARTS) is 1. The minimum Gasteiger partial charge on any atom is -0.465 e. The van der Waals surface area contributed by atoms with Crippen molar-refractivity contribution >= 4 is 11.8 Å². The van der Waals surface area contributed by atoms with E-state index >= 15 is 0 Å². The van der Waals surface area contributed by atoms with Crippen LogP contribution in [0.2, 0.25) is 0 Å². The van der Waals surface area contributed by atoms with Gasteiger partial charge >= 0.3 is 6.09 Å². The molecule has 0 fully saturated rings. The van der Waals surface area contributed by atoms with Gasteiger partial charge in [-0.3, -0.25) is 5.32 Å². The van der Waals surface area contributed by atoms with Crippen LogP contribution >= 0.6 is 0 Å². The molecule has 0 unspecified atom stereocenters. The van der Waals surface area contributed by atoms with Crippen molar-refractivity contribution in [3.05, 3.63) is 54.1 Å². The van der Waals surface area contributed by atoms with Crippen LogP contribution in [0.25, 0.3) is 0 Å². The minimum atomic E-state index is -1.08. The van der Waals surface area contributed by atoms with Crippen LogP contribution in [0.15, 0.2) is 48.5 Å². The van der Waals surface area contributed by atoms with Gasteiger partial charge in [0.25, 0.3) is 0 Å². The van der Waals surface area contributed by atoms with Gasteiger partial charge in [-0.2, -0.15) is 0 Å². The van der Waals surface area contributed by atoms with Gasteiger partial charge in [0.1, 0.15) is 11.5 Å². The Morgan fingerprint density at radius 3 is 2.50 bits per heavy atom. The smallest absolute Gasteiger partial charge is 0.409 e. The van der Waals surface area contributed by atoms with E-state index in [0.717, 1.165) is 11.3 Å². The summed E-state index contributed by atoms with van der Waals surface area (Å²) in [6.45, 7) is 1.87. The summed E-state index contributed by atoms with van der Waals surface area (Å²) in [6, 6.07) is 14.6. The zero-order valence-corrected chi connectivity index (χ0v) is 9.88. The Balaban J connectivity index is 2.17. The molecule has 0 saturated carbocycles. The topological polar surface area (TPSA) is 58.6 Å². The normalized spacial score (nSPS) is 9.83. The van der Waals surface area contributed by atoms with Gasteiger partial charge in [-0.05, 0) is 42.8 Å². The number of hydrogen-bond donors (Lipinski definition) is 2. The van der Waals surface area contributed by atoms with Gasteiger partial charge in [-0.15, -0.1) is 0 Å². The number of benzene rings is 2. The first-order valence-electron chi connectivity index (χ1n) is 5.48. The Bertz CT molecular complexity index is 552. The number of para-hydroxylation sites is 1. The van der Waals surface area contributed by atoms with E-state index in [0.29, 0.717) is 11.4 Å². The fraction of sp³-hybridized carbons (Fsp3) is 0.0714. The van der Waals surface area contributed by atoms with Crippen molar-refractivity contribution in [3.63, 3.8) is 0 Å². The van der Waals surface area contributed by atoms with Crippen LogP contribution in [0.4, 0.5) is 10.5 Å². The van der Waals surface area contributed by atoms with Crippen molar-refractivity contribution in [2.45, 2.75) is 6.92 Å². The average molecular weight is 243 g/mol. The van der Waals surface area contributed by atoms with Crippen LogP contribution in [0.1, 0.15) is 5.56 Å². The molecule has 1 amide bonds.